The van der Waals surface area contributed by atoms with Crippen LogP contribution in [0.1, 0.15) is 52.7 Å². The number of nitrogens with one attached hydrogen (secondary N) is 2. The number of alkyl carbamates (subject to hydrolysis) is 2. The van der Waals surface area contributed by atoms with Crippen LogP contribution in [0.5, 0.6) is 0 Å². The van der Waals surface area contributed by atoms with Crippen LogP contribution in [0.15, 0.2) is 48.6 Å². The molecule has 12 nitrogen and oxygen atoms in total. The predicted octanol–water partition coefficient (Wildman–Crippen LogP) is 3.88. The minimum Gasteiger partial charge on any atom is -0.460 e. The van der Waals surface area contributed by atoms with Crippen molar-refractivity contribution in [3.8, 4) is 0 Å². The van der Waals surface area contributed by atoms with Crippen molar-refractivity contribution >= 4 is 24.1 Å². The fourth-order valence-corrected chi connectivity index (χ4v) is 3.25. The molecule has 0 aliphatic rings. The van der Waals surface area contributed by atoms with Gasteiger partial charge >= 0.3 is 24.1 Å². The van der Waals surface area contributed by atoms with Gasteiger partial charge in [-0.05, 0) is 52.7 Å². The zero-order valence-electron chi connectivity index (χ0n) is 25.5. The maximum absolute atomic E-state index is 12.4. The molecule has 0 radical (unpaired) electrons. The quantitative estimate of drug-likeness (QED) is 0.111. The molecule has 12 heteroatoms. The van der Waals surface area contributed by atoms with Gasteiger partial charge in [-0.15, -0.1) is 0 Å². The SMILES string of the molecule is C=C(C)C(=O)OCCOCCOC(=O)NC(C)(C)c1cccc(C(C)(C)NC(=O)OCCOCCOC(=O)C(=C)C)c1. The first-order valence-electron chi connectivity index (χ1n) is 13.5. The molecular formula is C30H44N2O10. The number of hydrogen-bond acceptors (Lipinski definition) is 10. The Morgan fingerprint density at radius 1 is 0.619 bits per heavy atom. The zero-order chi connectivity index (χ0) is 31.8. The van der Waals surface area contributed by atoms with Crippen molar-refractivity contribution in [2.24, 2.45) is 0 Å². The topological polar surface area (TPSA) is 148 Å². The van der Waals surface area contributed by atoms with E-state index in [9.17, 15) is 19.2 Å². The highest BCUT2D eigenvalue weighted by Gasteiger charge is 2.28. The van der Waals surface area contributed by atoms with Crippen molar-refractivity contribution in [1.82, 2.24) is 10.6 Å². The van der Waals surface area contributed by atoms with Gasteiger partial charge in [0, 0.05) is 11.1 Å². The number of esters is 2. The van der Waals surface area contributed by atoms with E-state index in [1.54, 1.807) is 13.8 Å². The van der Waals surface area contributed by atoms with Gasteiger partial charge in [-0.25, -0.2) is 19.2 Å². The van der Waals surface area contributed by atoms with E-state index in [1.165, 1.54) is 0 Å². The smallest absolute Gasteiger partial charge is 0.407 e. The zero-order valence-corrected chi connectivity index (χ0v) is 25.5. The predicted molar refractivity (Wildman–Crippen MR) is 155 cm³/mol. The van der Waals surface area contributed by atoms with Crippen LogP contribution < -0.4 is 10.6 Å². The van der Waals surface area contributed by atoms with Gasteiger partial charge in [-0.2, -0.15) is 0 Å². The molecule has 1 rings (SSSR count). The summed E-state index contributed by atoms with van der Waals surface area (Å²) in [6.07, 6.45) is -1.25. The summed E-state index contributed by atoms with van der Waals surface area (Å²) < 4.78 is 30.8. The Morgan fingerprint density at radius 3 is 1.29 bits per heavy atom. The van der Waals surface area contributed by atoms with E-state index in [0.29, 0.717) is 11.1 Å². The maximum atomic E-state index is 12.4. The van der Waals surface area contributed by atoms with Crippen LogP contribution in [0.25, 0.3) is 0 Å². The summed E-state index contributed by atoms with van der Waals surface area (Å²) >= 11 is 0. The van der Waals surface area contributed by atoms with E-state index in [-0.39, 0.29) is 52.9 Å². The van der Waals surface area contributed by atoms with E-state index in [2.05, 4.69) is 23.8 Å². The molecule has 0 atom stereocenters. The van der Waals surface area contributed by atoms with Gasteiger partial charge in [0.1, 0.15) is 26.4 Å². The maximum Gasteiger partial charge on any atom is 0.407 e. The molecule has 0 spiro atoms. The highest BCUT2D eigenvalue weighted by Crippen LogP contribution is 2.27. The highest BCUT2D eigenvalue weighted by molar-refractivity contribution is 5.87. The normalized spacial score (nSPS) is 11.2. The standard InChI is InChI=1S/C30H44N2O10/c1-21(2)25(33)39-16-12-37-14-18-41-27(35)31-29(5,6)23-10-9-11-24(20-23)30(7,8)32-28(36)42-19-15-38-13-17-40-26(34)22(3)4/h9-11,20H,1,3,12-19H2,2,4-8H3,(H,31,35)(H,32,36). The molecule has 0 saturated heterocycles. The van der Waals surface area contributed by atoms with Gasteiger partial charge in [-0.1, -0.05) is 37.4 Å². The number of hydrogen-bond donors (Lipinski definition) is 2. The third-order valence-corrected chi connectivity index (χ3v) is 5.68. The Hall–Kier alpha value is -3.90. The fourth-order valence-electron chi connectivity index (χ4n) is 3.25. The summed E-state index contributed by atoms with van der Waals surface area (Å²) in [5.41, 5.74) is 0.602. The van der Waals surface area contributed by atoms with Crippen molar-refractivity contribution in [2.45, 2.75) is 52.6 Å². The van der Waals surface area contributed by atoms with Crippen LogP contribution in [-0.4, -0.2) is 77.0 Å². The third kappa shape index (κ3) is 14.1. The summed E-state index contributed by atoms with van der Waals surface area (Å²) in [4.78, 5) is 47.4. The van der Waals surface area contributed by atoms with Gasteiger partial charge in [-0.3, -0.25) is 0 Å². The minimum atomic E-state index is -0.794. The number of carbonyl (C=O) groups excluding carboxylic acids is 4. The lowest BCUT2D eigenvalue weighted by Crippen LogP contribution is -2.43. The Balaban J connectivity index is 2.47. The van der Waals surface area contributed by atoms with E-state index in [4.69, 9.17) is 28.4 Å². The molecular weight excluding hydrogens is 548 g/mol. The van der Waals surface area contributed by atoms with E-state index >= 15 is 0 Å². The Morgan fingerprint density at radius 2 is 0.952 bits per heavy atom. The van der Waals surface area contributed by atoms with E-state index < -0.39 is 35.2 Å². The number of rotatable bonds is 18. The molecule has 0 bridgehead atoms. The molecule has 0 aromatic heterocycles. The monoisotopic (exact) mass is 592 g/mol. The lowest BCUT2D eigenvalue weighted by Gasteiger charge is -2.30. The van der Waals surface area contributed by atoms with Crippen LogP contribution in [-0.2, 0) is 49.1 Å². The minimum absolute atomic E-state index is 0.0168. The molecule has 0 unspecified atom stereocenters. The van der Waals surface area contributed by atoms with E-state index in [0.717, 1.165) is 11.1 Å². The van der Waals surface area contributed by atoms with Gasteiger partial charge in [0.25, 0.3) is 0 Å². The molecule has 0 aliphatic heterocycles. The molecule has 0 heterocycles. The first-order chi connectivity index (χ1) is 19.7. The summed E-state index contributed by atoms with van der Waals surface area (Å²) in [7, 11) is 0. The van der Waals surface area contributed by atoms with Crippen LogP contribution in [0.4, 0.5) is 9.59 Å². The lowest BCUT2D eigenvalue weighted by molar-refractivity contribution is -0.141. The molecule has 2 amide bonds. The van der Waals surface area contributed by atoms with E-state index in [1.807, 2.05) is 52.0 Å². The van der Waals surface area contributed by atoms with Gasteiger partial charge in [0.15, 0.2) is 0 Å². The van der Waals surface area contributed by atoms with Crippen molar-refractivity contribution in [3.05, 3.63) is 59.7 Å². The van der Waals surface area contributed by atoms with Crippen LogP contribution in [0.3, 0.4) is 0 Å². The second-order valence-corrected chi connectivity index (χ2v) is 10.4. The second kappa shape index (κ2) is 17.8. The lowest BCUT2D eigenvalue weighted by atomic mass is 9.87. The van der Waals surface area contributed by atoms with Gasteiger partial charge in [0.2, 0.25) is 0 Å². The number of carbonyl (C=O) groups is 4. The number of ether oxygens (including phenoxy) is 6. The van der Waals surface area contributed by atoms with Crippen molar-refractivity contribution in [2.75, 3.05) is 52.9 Å². The Kier molecular flexibility index (Phi) is 15.3. The molecule has 234 valence electrons. The summed E-state index contributed by atoms with van der Waals surface area (Å²) in [6, 6.07) is 7.43. The second-order valence-electron chi connectivity index (χ2n) is 10.4. The molecule has 0 fully saturated rings. The fraction of sp³-hybridized carbons (Fsp3) is 0.533. The van der Waals surface area contributed by atoms with Crippen molar-refractivity contribution in [1.29, 1.82) is 0 Å². The van der Waals surface area contributed by atoms with Crippen LogP contribution in [0, 0.1) is 0 Å². The largest absolute Gasteiger partial charge is 0.460 e. The molecule has 1 aromatic carbocycles. The number of benzene rings is 1. The summed E-state index contributed by atoms with van der Waals surface area (Å²) in [5, 5.41) is 5.66. The average Bonchev–Trinajstić information content (AvgIpc) is 2.91. The van der Waals surface area contributed by atoms with Crippen molar-refractivity contribution in [3.63, 3.8) is 0 Å². The number of amides is 2. The third-order valence-electron chi connectivity index (χ3n) is 5.68. The Bertz CT molecular complexity index is 1020. The van der Waals surface area contributed by atoms with Crippen LogP contribution in [0.2, 0.25) is 0 Å². The summed E-state index contributed by atoms with van der Waals surface area (Å²) in [5.74, 6) is -0.975. The van der Waals surface area contributed by atoms with Gasteiger partial charge in [0.05, 0.1) is 37.5 Å². The Labute approximate surface area is 247 Å². The first-order valence-corrected chi connectivity index (χ1v) is 13.5. The van der Waals surface area contributed by atoms with Crippen molar-refractivity contribution < 1.29 is 47.6 Å². The molecule has 0 aliphatic carbocycles. The molecule has 2 N–H and O–H groups in total. The first kappa shape index (κ1) is 36.1. The average molecular weight is 593 g/mol. The summed E-state index contributed by atoms with van der Waals surface area (Å²) in [6.45, 7) is 18.2. The molecule has 1 aromatic rings. The van der Waals surface area contributed by atoms with Gasteiger partial charge < -0.3 is 39.1 Å². The van der Waals surface area contributed by atoms with Crippen LogP contribution >= 0.6 is 0 Å². The molecule has 42 heavy (non-hydrogen) atoms. The highest BCUT2D eigenvalue weighted by atomic mass is 16.6. The molecule has 0 saturated carbocycles.